The first-order valence-corrected chi connectivity index (χ1v) is 8.88. The Kier molecular flexibility index (Phi) is 5.08. The zero-order valence-electron chi connectivity index (χ0n) is 15.2. The lowest BCUT2D eigenvalue weighted by molar-refractivity contribution is -0.126. The number of aromatic nitrogens is 2. The first-order chi connectivity index (χ1) is 12.0. The quantitative estimate of drug-likeness (QED) is 0.877. The van der Waals surface area contributed by atoms with Gasteiger partial charge < -0.3 is 15.5 Å². The van der Waals surface area contributed by atoms with Crippen LogP contribution in [0.15, 0.2) is 42.7 Å². The fourth-order valence-electron chi connectivity index (χ4n) is 3.27. The summed E-state index contributed by atoms with van der Waals surface area (Å²) in [6, 6.07) is 10.3. The summed E-state index contributed by atoms with van der Waals surface area (Å²) in [5, 5.41) is 10.8. The van der Waals surface area contributed by atoms with Gasteiger partial charge in [-0.15, -0.1) is 0 Å². The molecule has 1 fully saturated rings. The van der Waals surface area contributed by atoms with Crippen molar-refractivity contribution in [2.24, 2.45) is 0 Å². The third-order valence-electron chi connectivity index (χ3n) is 5.08. The summed E-state index contributed by atoms with van der Waals surface area (Å²) in [6.45, 7) is 5.91. The van der Waals surface area contributed by atoms with Gasteiger partial charge in [-0.1, -0.05) is 6.07 Å². The Morgan fingerprint density at radius 3 is 2.72 bits per heavy atom. The maximum Gasteiger partial charge on any atom is 0.252 e. The number of nitrogens with zero attached hydrogens (tertiary/aromatic N) is 3. The van der Waals surface area contributed by atoms with E-state index in [0.717, 1.165) is 37.3 Å². The molecule has 134 valence electrons. The van der Waals surface area contributed by atoms with E-state index in [-0.39, 0.29) is 5.91 Å². The summed E-state index contributed by atoms with van der Waals surface area (Å²) in [5.74, 6) is 0.00190. The molecule has 1 aliphatic rings. The van der Waals surface area contributed by atoms with Crippen LogP contribution in [0.5, 0.6) is 0 Å². The van der Waals surface area contributed by atoms with Gasteiger partial charge in [0.1, 0.15) is 5.54 Å². The number of carbonyl (C=O) groups is 1. The van der Waals surface area contributed by atoms with Crippen molar-refractivity contribution in [1.82, 2.24) is 15.1 Å². The molecule has 2 N–H and O–H groups in total. The Bertz CT molecular complexity index is 704. The Morgan fingerprint density at radius 1 is 1.32 bits per heavy atom. The second kappa shape index (κ2) is 7.27. The lowest BCUT2D eigenvalue weighted by atomic mass is 9.87. The van der Waals surface area contributed by atoms with Crippen LogP contribution in [-0.4, -0.2) is 41.9 Å². The van der Waals surface area contributed by atoms with Gasteiger partial charge in [-0.25, -0.2) is 0 Å². The van der Waals surface area contributed by atoms with Crippen LogP contribution in [-0.2, 0) is 10.3 Å². The number of carbonyl (C=O) groups excluding carboxylic acids is 1. The molecule has 6 heteroatoms. The minimum absolute atomic E-state index is 0.00190. The molecule has 0 unspecified atom stereocenters. The van der Waals surface area contributed by atoms with Crippen molar-refractivity contribution in [2.75, 3.05) is 30.4 Å². The van der Waals surface area contributed by atoms with Crippen LogP contribution < -0.4 is 15.5 Å². The van der Waals surface area contributed by atoms with Crippen molar-refractivity contribution in [3.05, 3.63) is 42.7 Å². The van der Waals surface area contributed by atoms with Crippen LogP contribution in [0.4, 0.5) is 11.4 Å². The van der Waals surface area contributed by atoms with E-state index in [1.54, 1.807) is 6.20 Å². The van der Waals surface area contributed by atoms with Gasteiger partial charge >= 0.3 is 0 Å². The molecule has 1 saturated heterocycles. The number of rotatable bonds is 5. The highest BCUT2D eigenvalue weighted by Crippen LogP contribution is 2.29. The molecule has 3 rings (SSSR count). The van der Waals surface area contributed by atoms with Crippen molar-refractivity contribution in [3.8, 4) is 0 Å². The fourth-order valence-corrected chi connectivity index (χ4v) is 3.27. The molecule has 0 saturated carbocycles. The summed E-state index contributed by atoms with van der Waals surface area (Å²) < 4.78 is 1.81. The van der Waals surface area contributed by atoms with Gasteiger partial charge in [0, 0.05) is 36.9 Å². The molecule has 2 aromatic rings. The molecule has 0 spiro atoms. The lowest BCUT2D eigenvalue weighted by Crippen LogP contribution is -2.52. The van der Waals surface area contributed by atoms with Gasteiger partial charge in [-0.3, -0.25) is 9.48 Å². The van der Waals surface area contributed by atoms with Gasteiger partial charge in [0.25, 0.3) is 5.91 Å². The molecule has 0 bridgehead atoms. The van der Waals surface area contributed by atoms with E-state index < -0.39 is 5.54 Å². The second-order valence-corrected chi connectivity index (χ2v) is 6.94. The van der Waals surface area contributed by atoms with Crippen molar-refractivity contribution >= 4 is 17.3 Å². The molecule has 25 heavy (non-hydrogen) atoms. The molecule has 1 amide bonds. The van der Waals surface area contributed by atoms with Gasteiger partial charge in [-0.05, 0) is 64.0 Å². The first-order valence-electron chi connectivity index (χ1n) is 8.88. The summed E-state index contributed by atoms with van der Waals surface area (Å²) in [6.07, 6.45) is 5.07. The maximum atomic E-state index is 13.2. The lowest BCUT2D eigenvalue weighted by Gasteiger charge is -2.36. The highest BCUT2D eigenvalue weighted by Gasteiger charge is 2.42. The second-order valence-electron chi connectivity index (χ2n) is 6.94. The predicted octanol–water partition coefficient (Wildman–Crippen LogP) is 2.45. The monoisotopic (exact) mass is 341 g/mol. The minimum Gasteiger partial charge on any atom is -0.372 e. The van der Waals surface area contributed by atoms with Crippen LogP contribution >= 0.6 is 0 Å². The average molecular weight is 341 g/mol. The number of hydrogen-bond donors (Lipinski definition) is 2. The van der Waals surface area contributed by atoms with Crippen LogP contribution in [0.2, 0.25) is 0 Å². The molecule has 6 nitrogen and oxygen atoms in total. The maximum absolute atomic E-state index is 13.2. The Morgan fingerprint density at radius 2 is 2.08 bits per heavy atom. The van der Waals surface area contributed by atoms with Crippen molar-refractivity contribution in [2.45, 2.75) is 38.3 Å². The summed E-state index contributed by atoms with van der Waals surface area (Å²) >= 11 is 0. The van der Waals surface area contributed by atoms with Gasteiger partial charge in [0.05, 0.1) is 0 Å². The molecule has 0 atom stereocenters. The fraction of sp³-hybridized carbons (Fsp3) is 0.474. The van der Waals surface area contributed by atoms with E-state index in [9.17, 15) is 4.79 Å². The van der Waals surface area contributed by atoms with Gasteiger partial charge in [0.15, 0.2) is 0 Å². The summed E-state index contributed by atoms with van der Waals surface area (Å²) in [5.41, 5.74) is 1.28. The molecule has 1 aromatic heterocycles. The molecule has 1 aromatic carbocycles. The molecule has 0 radical (unpaired) electrons. The zero-order chi connectivity index (χ0) is 17.9. The molecular weight excluding hydrogens is 314 g/mol. The number of piperidine rings is 1. The van der Waals surface area contributed by atoms with Crippen LogP contribution in [0, 0.1) is 0 Å². The first kappa shape index (κ1) is 17.5. The van der Waals surface area contributed by atoms with Crippen molar-refractivity contribution in [3.63, 3.8) is 0 Å². The van der Waals surface area contributed by atoms with E-state index in [1.165, 1.54) is 0 Å². The van der Waals surface area contributed by atoms with Crippen LogP contribution in [0.1, 0.15) is 26.7 Å². The molecule has 2 heterocycles. The van der Waals surface area contributed by atoms with E-state index in [1.807, 2.05) is 35.1 Å². The smallest absolute Gasteiger partial charge is 0.252 e. The van der Waals surface area contributed by atoms with Gasteiger partial charge in [0.2, 0.25) is 0 Å². The number of anilines is 2. The van der Waals surface area contributed by atoms with E-state index in [2.05, 4.69) is 47.6 Å². The SMILES string of the molecule is CC(C)N(C)c1cccc(NC(=O)C2(n3cccn3)CCNCC2)c1. The third-order valence-corrected chi connectivity index (χ3v) is 5.08. The Hall–Kier alpha value is -2.34. The third kappa shape index (κ3) is 3.54. The number of amides is 1. The zero-order valence-corrected chi connectivity index (χ0v) is 15.2. The summed E-state index contributed by atoms with van der Waals surface area (Å²) in [7, 11) is 2.06. The molecular formula is C19H27N5O. The topological polar surface area (TPSA) is 62.2 Å². The standard InChI is InChI=1S/C19H27N5O/c1-15(2)23(3)17-7-4-6-16(14-17)22-18(25)19(8-11-20-12-9-19)24-13-5-10-21-24/h4-7,10,13-15,20H,8-9,11-12H2,1-3H3,(H,22,25). The Labute approximate surface area is 149 Å². The van der Waals surface area contributed by atoms with Crippen molar-refractivity contribution in [1.29, 1.82) is 0 Å². The average Bonchev–Trinajstić information content (AvgIpc) is 3.17. The normalized spacial score (nSPS) is 16.6. The number of benzene rings is 1. The Balaban J connectivity index is 1.84. The number of nitrogens with one attached hydrogen (secondary N) is 2. The molecule has 0 aliphatic carbocycles. The van der Waals surface area contributed by atoms with E-state index >= 15 is 0 Å². The van der Waals surface area contributed by atoms with E-state index in [4.69, 9.17) is 0 Å². The van der Waals surface area contributed by atoms with Crippen molar-refractivity contribution < 1.29 is 4.79 Å². The van der Waals surface area contributed by atoms with E-state index in [0.29, 0.717) is 6.04 Å². The predicted molar refractivity (Wildman–Crippen MR) is 101 cm³/mol. The minimum atomic E-state index is -0.630. The largest absolute Gasteiger partial charge is 0.372 e. The highest BCUT2D eigenvalue weighted by atomic mass is 16.2. The van der Waals surface area contributed by atoms with Crippen LogP contribution in [0.3, 0.4) is 0 Å². The number of hydrogen-bond acceptors (Lipinski definition) is 4. The van der Waals surface area contributed by atoms with Crippen LogP contribution in [0.25, 0.3) is 0 Å². The van der Waals surface area contributed by atoms with Gasteiger partial charge in [-0.2, -0.15) is 5.10 Å². The highest BCUT2D eigenvalue weighted by molar-refractivity contribution is 5.97. The molecule has 1 aliphatic heterocycles. The summed E-state index contributed by atoms with van der Waals surface area (Å²) in [4.78, 5) is 15.4.